The first kappa shape index (κ1) is 18.7. The Balaban J connectivity index is 1.84. The third kappa shape index (κ3) is 3.56. The maximum atomic E-state index is 13.6. The van der Waals surface area contributed by atoms with Crippen LogP contribution < -0.4 is 15.5 Å². The van der Waals surface area contributed by atoms with Crippen molar-refractivity contribution < 1.29 is 17.9 Å². The van der Waals surface area contributed by atoms with Crippen LogP contribution in [0.3, 0.4) is 0 Å². The highest BCUT2D eigenvalue weighted by molar-refractivity contribution is 5.69. The summed E-state index contributed by atoms with van der Waals surface area (Å²) < 4.78 is 46.2. The molecule has 0 saturated carbocycles. The number of alkyl halides is 3. The number of anilines is 3. The molecule has 2 aliphatic heterocycles. The van der Waals surface area contributed by atoms with E-state index in [0.29, 0.717) is 31.5 Å². The molecule has 2 saturated heterocycles. The van der Waals surface area contributed by atoms with Crippen molar-refractivity contribution in [2.45, 2.75) is 25.6 Å². The largest absolute Gasteiger partial charge is 0.434 e. The van der Waals surface area contributed by atoms with Crippen LogP contribution in [0, 0.1) is 0 Å². The van der Waals surface area contributed by atoms with Crippen molar-refractivity contribution in [3.63, 3.8) is 0 Å². The van der Waals surface area contributed by atoms with Crippen LogP contribution in [0.5, 0.6) is 0 Å². The van der Waals surface area contributed by atoms with Crippen LogP contribution in [-0.4, -0.2) is 53.8 Å². The molecule has 0 radical (unpaired) electrons. The number of pyridine rings is 1. The zero-order valence-corrected chi connectivity index (χ0v) is 15.4. The van der Waals surface area contributed by atoms with E-state index in [2.05, 4.69) is 15.0 Å². The second-order valence-corrected chi connectivity index (χ2v) is 7.00. The van der Waals surface area contributed by atoms with Gasteiger partial charge in [0.15, 0.2) is 5.69 Å². The van der Waals surface area contributed by atoms with Crippen molar-refractivity contribution in [2.75, 3.05) is 48.4 Å². The fraction of sp³-hybridized carbons (Fsp3) is 0.500. The molecular formula is C18H21F3N6O. The van der Waals surface area contributed by atoms with Crippen molar-refractivity contribution >= 4 is 17.6 Å². The zero-order chi connectivity index (χ0) is 19.9. The standard InChI is InChI=1S/C18H21F3N6O/c1-11-10-28-8-7-27(11)17-23-13(9-15(25-17)26-5-2-6-26)12-3-4-14(22)24-16(12)18(19,20)21/h3-4,9,11H,2,5-8,10H2,1H3,(H2,22,24). The molecule has 4 heterocycles. The summed E-state index contributed by atoms with van der Waals surface area (Å²) in [5.74, 6) is 0.838. The van der Waals surface area contributed by atoms with Crippen molar-refractivity contribution in [2.24, 2.45) is 0 Å². The molecule has 2 fully saturated rings. The highest BCUT2D eigenvalue weighted by atomic mass is 19.4. The first-order valence-electron chi connectivity index (χ1n) is 9.15. The summed E-state index contributed by atoms with van der Waals surface area (Å²) in [7, 11) is 0. The Hall–Kier alpha value is -2.62. The van der Waals surface area contributed by atoms with Gasteiger partial charge in [0.2, 0.25) is 5.95 Å². The number of nitrogens with zero attached hydrogens (tertiary/aromatic N) is 5. The first-order chi connectivity index (χ1) is 13.3. The number of hydrogen-bond donors (Lipinski definition) is 1. The van der Waals surface area contributed by atoms with Crippen LogP contribution in [0.2, 0.25) is 0 Å². The number of ether oxygens (including phenoxy) is 1. The minimum atomic E-state index is -4.64. The van der Waals surface area contributed by atoms with Crippen molar-refractivity contribution in [1.29, 1.82) is 0 Å². The number of halogens is 3. The summed E-state index contributed by atoms with van der Waals surface area (Å²) in [6.45, 7) is 5.24. The van der Waals surface area contributed by atoms with Crippen LogP contribution in [0.25, 0.3) is 11.3 Å². The number of nitrogens with two attached hydrogens (primary N) is 1. The van der Waals surface area contributed by atoms with E-state index in [0.717, 1.165) is 19.5 Å². The molecule has 1 unspecified atom stereocenters. The van der Waals surface area contributed by atoms with Crippen molar-refractivity contribution in [1.82, 2.24) is 15.0 Å². The normalized spacial score (nSPS) is 20.2. The Bertz CT molecular complexity index is 871. The van der Waals surface area contributed by atoms with Gasteiger partial charge in [-0.05, 0) is 25.5 Å². The van der Waals surface area contributed by atoms with Gasteiger partial charge in [0, 0.05) is 31.3 Å². The second kappa shape index (κ2) is 7.08. The lowest BCUT2D eigenvalue weighted by Gasteiger charge is -2.36. The van der Waals surface area contributed by atoms with Gasteiger partial charge in [-0.3, -0.25) is 0 Å². The maximum absolute atomic E-state index is 13.6. The highest BCUT2D eigenvalue weighted by Crippen LogP contribution is 2.37. The van der Waals surface area contributed by atoms with E-state index in [1.54, 1.807) is 6.07 Å². The summed E-state index contributed by atoms with van der Waals surface area (Å²) in [6, 6.07) is 4.29. The molecule has 0 bridgehead atoms. The van der Waals surface area contributed by atoms with Gasteiger partial charge >= 0.3 is 6.18 Å². The highest BCUT2D eigenvalue weighted by Gasteiger charge is 2.37. The summed E-state index contributed by atoms with van der Waals surface area (Å²) in [6.07, 6.45) is -3.61. The van der Waals surface area contributed by atoms with Gasteiger partial charge in [-0.15, -0.1) is 0 Å². The quantitative estimate of drug-likeness (QED) is 0.857. The number of nitrogen functional groups attached to an aromatic ring is 1. The third-order valence-electron chi connectivity index (χ3n) is 4.97. The molecule has 7 nitrogen and oxygen atoms in total. The number of aromatic nitrogens is 3. The molecule has 0 spiro atoms. The van der Waals surface area contributed by atoms with Gasteiger partial charge in [-0.2, -0.15) is 18.2 Å². The Morgan fingerprint density at radius 2 is 1.93 bits per heavy atom. The molecule has 10 heteroatoms. The van der Waals surface area contributed by atoms with Gasteiger partial charge in [0.1, 0.15) is 11.6 Å². The molecule has 0 aromatic carbocycles. The molecular weight excluding hydrogens is 373 g/mol. The Morgan fingerprint density at radius 3 is 2.57 bits per heavy atom. The molecule has 0 aliphatic carbocycles. The van der Waals surface area contributed by atoms with E-state index in [1.807, 2.05) is 16.7 Å². The first-order valence-corrected chi connectivity index (χ1v) is 9.15. The van der Waals surface area contributed by atoms with Crippen LogP contribution >= 0.6 is 0 Å². The van der Waals surface area contributed by atoms with Crippen LogP contribution in [-0.2, 0) is 10.9 Å². The summed E-state index contributed by atoms with van der Waals surface area (Å²) in [4.78, 5) is 16.6. The lowest BCUT2D eigenvalue weighted by molar-refractivity contribution is -0.140. The molecule has 2 N–H and O–H groups in total. The lowest BCUT2D eigenvalue weighted by atomic mass is 10.1. The number of morpholine rings is 1. The smallest absolute Gasteiger partial charge is 0.384 e. The molecule has 150 valence electrons. The predicted molar refractivity (Wildman–Crippen MR) is 99.1 cm³/mol. The van der Waals surface area contributed by atoms with Gasteiger partial charge in [0.05, 0.1) is 24.9 Å². The average molecular weight is 394 g/mol. The van der Waals surface area contributed by atoms with E-state index in [1.165, 1.54) is 12.1 Å². The van der Waals surface area contributed by atoms with Crippen molar-refractivity contribution in [3.8, 4) is 11.3 Å². The summed E-state index contributed by atoms with van der Waals surface area (Å²) in [5, 5.41) is 0. The topological polar surface area (TPSA) is 80.4 Å². The van der Waals surface area contributed by atoms with Gasteiger partial charge in [-0.1, -0.05) is 0 Å². The SMILES string of the molecule is CC1COCCN1c1nc(-c2ccc(N)nc2C(F)(F)F)cc(N2CCC2)n1. The molecule has 2 aliphatic rings. The molecule has 2 aromatic heterocycles. The fourth-order valence-corrected chi connectivity index (χ4v) is 3.32. The van der Waals surface area contributed by atoms with Gasteiger partial charge in [0.25, 0.3) is 0 Å². The van der Waals surface area contributed by atoms with Crippen LogP contribution in [0.15, 0.2) is 18.2 Å². The lowest BCUT2D eigenvalue weighted by Crippen LogP contribution is -2.45. The maximum Gasteiger partial charge on any atom is 0.434 e. The predicted octanol–water partition coefficient (Wildman–Crippen LogP) is 2.57. The molecule has 28 heavy (non-hydrogen) atoms. The minimum Gasteiger partial charge on any atom is -0.384 e. The molecule has 4 rings (SSSR count). The number of rotatable bonds is 3. The Kier molecular flexibility index (Phi) is 4.74. The number of hydrogen-bond acceptors (Lipinski definition) is 7. The average Bonchev–Trinajstić information content (AvgIpc) is 2.59. The zero-order valence-electron chi connectivity index (χ0n) is 15.4. The van der Waals surface area contributed by atoms with Gasteiger partial charge in [-0.25, -0.2) is 9.97 Å². The fourth-order valence-electron chi connectivity index (χ4n) is 3.32. The molecule has 1 atom stereocenters. The second-order valence-electron chi connectivity index (χ2n) is 7.00. The van der Waals surface area contributed by atoms with E-state index in [4.69, 9.17) is 10.5 Å². The minimum absolute atomic E-state index is 0.0277. The monoisotopic (exact) mass is 394 g/mol. The van der Waals surface area contributed by atoms with Crippen molar-refractivity contribution in [3.05, 3.63) is 23.9 Å². The van der Waals surface area contributed by atoms with Crippen LogP contribution in [0.1, 0.15) is 19.0 Å². The summed E-state index contributed by atoms with van der Waals surface area (Å²) >= 11 is 0. The van der Waals surface area contributed by atoms with Gasteiger partial charge < -0.3 is 20.3 Å². The molecule has 0 amide bonds. The van der Waals surface area contributed by atoms with E-state index >= 15 is 0 Å². The van der Waals surface area contributed by atoms with Crippen LogP contribution in [0.4, 0.5) is 30.8 Å². The summed E-state index contributed by atoms with van der Waals surface area (Å²) in [5.41, 5.74) is 4.54. The van der Waals surface area contributed by atoms with E-state index in [-0.39, 0.29) is 23.1 Å². The Labute approximate surface area is 160 Å². The van der Waals surface area contributed by atoms with E-state index in [9.17, 15) is 13.2 Å². The molecule has 2 aromatic rings. The Morgan fingerprint density at radius 1 is 1.14 bits per heavy atom. The van der Waals surface area contributed by atoms with E-state index < -0.39 is 11.9 Å². The third-order valence-corrected chi connectivity index (χ3v) is 4.97.